The predicted molar refractivity (Wildman–Crippen MR) is 70.2 cm³/mol. The van der Waals surface area contributed by atoms with E-state index < -0.39 is 15.9 Å². The van der Waals surface area contributed by atoms with E-state index in [1.165, 1.54) is 7.05 Å². The zero-order chi connectivity index (χ0) is 14.0. The van der Waals surface area contributed by atoms with Crippen molar-refractivity contribution in [1.29, 1.82) is 0 Å². The Morgan fingerprint density at radius 2 is 2.21 bits per heavy atom. The molecule has 1 aliphatic rings. The highest BCUT2D eigenvalue weighted by Gasteiger charge is 2.30. The largest absolute Gasteiger partial charge is 0.395 e. The molecule has 106 valence electrons. The number of sulfonamides is 1. The van der Waals surface area contributed by atoms with Crippen LogP contribution >= 0.6 is 0 Å². The maximum atomic E-state index is 11.8. The Morgan fingerprint density at radius 1 is 1.53 bits per heavy atom. The van der Waals surface area contributed by atoms with Gasteiger partial charge in [-0.2, -0.15) is 5.10 Å². The van der Waals surface area contributed by atoms with Gasteiger partial charge in [0.2, 0.25) is 10.0 Å². The number of amides is 1. The van der Waals surface area contributed by atoms with Gasteiger partial charge in [0.15, 0.2) is 5.69 Å². The lowest BCUT2D eigenvalue weighted by Gasteiger charge is -2.04. The highest BCUT2D eigenvalue weighted by molar-refractivity contribution is 7.89. The van der Waals surface area contributed by atoms with E-state index in [4.69, 9.17) is 5.73 Å². The highest BCUT2D eigenvalue weighted by atomic mass is 32.2. The molecule has 1 saturated carbocycles. The first-order valence-corrected chi connectivity index (χ1v) is 7.63. The van der Waals surface area contributed by atoms with Crippen LogP contribution in [0.5, 0.6) is 0 Å². The number of nitrogens with zero attached hydrogens (tertiary/aromatic N) is 1. The minimum absolute atomic E-state index is 0.00701. The lowest BCUT2D eigenvalue weighted by atomic mass is 10.2. The van der Waals surface area contributed by atoms with Crippen molar-refractivity contribution in [3.63, 3.8) is 0 Å². The number of anilines is 1. The summed E-state index contributed by atoms with van der Waals surface area (Å²) < 4.78 is 24.5. The van der Waals surface area contributed by atoms with E-state index in [-0.39, 0.29) is 18.0 Å². The number of carbonyl (C=O) groups excluding carboxylic acids is 1. The maximum absolute atomic E-state index is 11.8. The third kappa shape index (κ3) is 3.24. The van der Waals surface area contributed by atoms with Gasteiger partial charge >= 0.3 is 0 Å². The molecule has 0 spiro atoms. The topological polar surface area (TPSA) is 130 Å². The molecule has 1 aromatic rings. The molecule has 0 unspecified atom stereocenters. The summed E-state index contributed by atoms with van der Waals surface area (Å²) in [5, 5.41) is 9.14. The third-order valence-corrected chi connectivity index (χ3v) is 4.37. The van der Waals surface area contributed by atoms with Crippen LogP contribution in [0.2, 0.25) is 0 Å². The summed E-state index contributed by atoms with van der Waals surface area (Å²) in [6, 6.07) is 0. The molecule has 0 atom stereocenters. The van der Waals surface area contributed by atoms with Crippen LogP contribution in [0.15, 0.2) is 0 Å². The van der Waals surface area contributed by atoms with Crippen LogP contribution in [-0.2, 0) is 10.0 Å². The fraction of sp³-hybridized carbons (Fsp3) is 0.600. The van der Waals surface area contributed by atoms with Gasteiger partial charge in [-0.05, 0) is 19.9 Å². The van der Waals surface area contributed by atoms with Gasteiger partial charge in [0, 0.05) is 12.5 Å². The second kappa shape index (κ2) is 5.17. The van der Waals surface area contributed by atoms with Crippen LogP contribution in [0.1, 0.15) is 34.9 Å². The summed E-state index contributed by atoms with van der Waals surface area (Å²) in [7, 11) is -2.01. The van der Waals surface area contributed by atoms with Crippen molar-refractivity contribution in [3.8, 4) is 0 Å². The number of carbonyl (C=O) groups is 1. The van der Waals surface area contributed by atoms with Crippen molar-refractivity contribution in [2.75, 3.05) is 25.1 Å². The molecule has 0 aromatic carbocycles. The van der Waals surface area contributed by atoms with E-state index in [1.807, 2.05) is 0 Å². The molecule has 0 saturated heterocycles. The molecule has 2 rings (SSSR count). The zero-order valence-electron chi connectivity index (χ0n) is 10.6. The van der Waals surface area contributed by atoms with Crippen molar-refractivity contribution < 1.29 is 13.2 Å². The van der Waals surface area contributed by atoms with E-state index in [2.05, 4.69) is 20.2 Å². The lowest BCUT2D eigenvalue weighted by molar-refractivity contribution is 0.0952. The highest BCUT2D eigenvalue weighted by Crippen LogP contribution is 2.42. The molecule has 1 fully saturated rings. The van der Waals surface area contributed by atoms with Gasteiger partial charge in [0.05, 0.1) is 17.1 Å². The summed E-state index contributed by atoms with van der Waals surface area (Å²) in [4.78, 5) is 11.8. The van der Waals surface area contributed by atoms with Gasteiger partial charge in [-0.3, -0.25) is 9.89 Å². The Labute approximate surface area is 111 Å². The summed E-state index contributed by atoms with van der Waals surface area (Å²) in [6.07, 6.45) is 2.10. The molecule has 5 N–H and O–H groups in total. The van der Waals surface area contributed by atoms with Crippen molar-refractivity contribution in [2.24, 2.45) is 0 Å². The summed E-state index contributed by atoms with van der Waals surface area (Å²) in [5.41, 5.74) is 7.13. The van der Waals surface area contributed by atoms with E-state index in [9.17, 15) is 13.2 Å². The number of aromatic nitrogens is 2. The van der Waals surface area contributed by atoms with Crippen LogP contribution in [-0.4, -0.2) is 43.9 Å². The van der Waals surface area contributed by atoms with Gasteiger partial charge in [-0.25, -0.2) is 13.1 Å². The van der Waals surface area contributed by atoms with Gasteiger partial charge in [0.25, 0.3) is 5.91 Å². The molecular weight excluding hydrogens is 270 g/mol. The smallest absolute Gasteiger partial charge is 0.273 e. The zero-order valence-corrected chi connectivity index (χ0v) is 11.4. The average molecular weight is 287 g/mol. The fourth-order valence-electron chi connectivity index (χ4n) is 1.71. The Bertz CT molecular complexity index is 576. The molecule has 19 heavy (non-hydrogen) atoms. The molecule has 1 heterocycles. The lowest BCUT2D eigenvalue weighted by Crippen LogP contribution is -2.33. The molecule has 8 nitrogen and oxygen atoms in total. The molecule has 9 heteroatoms. The second-order valence-electron chi connectivity index (χ2n) is 4.45. The third-order valence-electron chi connectivity index (χ3n) is 3.00. The Morgan fingerprint density at radius 3 is 2.79 bits per heavy atom. The van der Waals surface area contributed by atoms with E-state index in [0.29, 0.717) is 11.6 Å². The second-order valence-corrected chi connectivity index (χ2v) is 6.50. The fourth-order valence-corrected chi connectivity index (χ4v) is 2.28. The first-order valence-electron chi connectivity index (χ1n) is 5.97. The monoisotopic (exact) mass is 287 g/mol. The minimum Gasteiger partial charge on any atom is -0.395 e. The van der Waals surface area contributed by atoms with Crippen LogP contribution in [0.3, 0.4) is 0 Å². The Balaban J connectivity index is 1.93. The molecule has 0 radical (unpaired) electrons. The number of nitrogens with two attached hydrogens (primary N) is 1. The Hall–Kier alpha value is -1.61. The number of aromatic amines is 1. The first kappa shape index (κ1) is 13.8. The quantitative estimate of drug-likeness (QED) is 0.541. The van der Waals surface area contributed by atoms with Gasteiger partial charge in [-0.1, -0.05) is 0 Å². The summed E-state index contributed by atoms with van der Waals surface area (Å²) in [5.74, 6) is -0.277. The average Bonchev–Trinajstić information content (AvgIpc) is 3.12. The maximum Gasteiger partial charge on any atom is 0.273 e. The normalized spacial score (nSPS) is 15.4. The number of hydrogen-bond donors (Lipinski definition) is 4. The number of nitrogen functional groups attached to an aromatic ring is 1. The van der Waals surface area contributed by atoms with Crippen LogP contribution in [0, 0.1) is 0 Å². The van der Waals surface area contributed by atoms with E-state index in [1.54, 1.807) is 0 Å². The molecule has 1 amide bonds. The number of hydrogen-bond acceptors (Lipinski definition) is 5. The standard InChI is InChI=1S/C10H17N5O3S/c1-12-19(17,18)5-4-13-10(16)9-7(11)8(14-15-9)6-2-3-6/h6,12H,2-5,11H2,1H3,(H,13,16)(H,14,15). The predicted octanol–water partition coefficient (Wildman–Crippen LogP) is -0.852. The van der Waals surface area contributed by atoms with E-state index in [0.717, 1.165) is 18.5 Å². The molecule has 1 aromatic heterocycles. The number of nitrogens with one attached hydrogen (secondary N) is 3. The SMILES string of the molecule is CNS(=O)(=O)CCNC(=O)c1n[nH]c(C2CC2)c1N. The molecule has 0 bridgehead atoms. The van der Waals surface area contributed by atoms with Crippen molar-refractivity contribution in [2.45, 2.75) is 18.8 Å². The van der Waals surface area contributed by atoms with Gasteiger partial charge < -0.3 is 11.1 Å². The summed E-state index contributed by atoms with van der Waals surface area (Å²) in [6.45, 7) is 0.00701. The van der Waals surface area contributed by atoms with Crippen LogP contribution in [0.25, 0.3) is 0 Å². The van der Waals surface area contributed by atoms with Crippen molar-refractivity contribution in [1.82, 2.24) is 20.2 Å². The summed E-state index contributed by atoms with van der Waals surface area (Å²) >= 11 is 0. The van der Waals surface area contributed by atoms with E-state index >= 15 is 0 Å². The molecular formula is C10H17N5O3S. The number of H-pyrrole nitrogens is 1. The van der Waals surface area contributed by atoms with Crippen molar-refractivity contribution >= 4 is 21.6 Å². The van der Waals surface area contributed by atoms with Crippen LogP contribution in [0.4, 0.5) is 5.69 Å². The molecule has 1 aliphatic carbocycles. The van der Waals surface area contributed by atoms with Crippen LogP contribution < -0.4 is 15.8 Å². The van der Waals surface area contributed by atoms with Gasteiger partial charge in [-0.15, -0.1) is 0 Å². The Kier molecular flexibility index (Phi) is 3.76. The first-order chi connectivity index (χ1) is 8.94. The van der Waals surface area contributed by atoms with Gasteiger partial charge in [0.1, 0.15) is 0 Å². The number of rotatable bonds is 6. The molecule has 0 aliphatic heterocycles. The minimum atomic E-state index is -3.33. The van der Waals surface area contributed by atoms with Crippen molar-refractivity contribution in [3.05, 3.63) is 11.4 Å².